The zero-order chi connectivity index (χ0) is 17.1. The number of hydrogen-bond acceptors (Lipinski definition) is 5. The highest BCUT2D eigenvalue weighted by Crippen LogP contribution is 2.25. The van der Waals surface area contributed by atoms with Crippen LogP contribution in [0.2, 0.25) is 0 Å². The van der Waals surface area contributed by atoms with Crippen LogP contribution in [0.25, 0.3) is 10.9 Å². The average Bonchev–Trinajstić information content (AvgIpc) is 2.62. The molecule has 0 radical (unpaired) electrons. The van der Waals surface area contributed by atoms with E-state index in [0.717, 1.165) is 54.2 Å². The fourth-order valence-electron chi connectivity index (χ4n) is 3.28. The Morgan fingerprint density at radius 2 is 2.04 bits per heavy atom. The average molecular weight is 328 g/mol. The van der Waals surface area contributed by atoms with Crippen molar-refractivity contribution >= 4 is 16.9 Å². The highest BCUT2D eigenvalue weighted by molar-refractivity contribution is 5.83. The van der Waals surface area contributed by atoms with Gasteiger partial charge in [0.15, 0.2) is 0 Å². The number of nitrogens with zero attached hydrogens (tertiary/aromatic N) is 3. The summed E-state index contributed by atoms with van der Waals surface area (Å²) in [5.74, 6) is 1.70. The van der Waals surface area contributed by atoms with Crippen LogP contribution in [0.15, 0.2) is 18.2 Å². The van der Waals surface area contributed by atoms with Gasteiger partial charge in [-0.2, -0.15) is 0 Å². The molecule has 0 bridgehead atoms. The molecular formula is C19H28N4O. The maximum absolute atomic E-state index is 5.30. The second-order valence-corrected chi connectivity index (χ2v) is 6.73. The van der Waals surface area contributed by atoms with Crippen molar-refractivity contribution in [1.29, 1.82) is 0 Å². The third kappa shape index (κ3) is 3.61. The lowest BCUT2D eigenvalue weighted by atomic mass is 10.0. The molecule has 1 aliphatic heterocycles. The van der Waals surface area contributed by atoms with E-state index in [1.807, 2.05) is 25.1 Å². The molecule has 1 aliphatic rings. The number of rotatable bonds is 5. The van der Waals surface area contributed by atoms with Crippen molar-refractivity contribution in [1.82, 2.24) is 15.3 Å². The van der Waals surface area contributed by atoms with Crippen LogP contribution in [0.1, 0.15) is 38.8 Å². The van der Waals surface area contributed by atoms with E-state index in [-0.39, 0.29) is 0 Å². The highest BCUT2D eigenvalue weighted by Gasteiger charge is 2.22. The maximum atomic E-state index is 5.30. The topological polar surface area (TPSA) is 50.3 Å². The van der Waals surface area contributed by atoms with Gasteiger partial charge in [-0.3, -0.25) is 0 Å². The fourth-order valence-corrected chi connectivity index (χ4v) is 3.28. The largest absolute Gasteiger partial charge is 0.497 e. The summed E-state index contributed by atoms with van der Waals surface area (Å²) in [7, 11) is 1.68. The molecule has 130 valence electrons. The van der Waals surface area contributed by atoms with Crippen LogP contribution in [0.4, 0.5) is 5.95 Å². The highest BCUT2D eigenvalue weighted by atomic mass is 16.5. The van der Waals surface area contributed by atoms with Gasteiger partial charge in [0.05, 0.1) is 18.3 Å². The van der Waals surface area contributed by atoms with Gasteiger partial charge in [0.25, 0.3) is 0 Å². The smallest absolute Gasteiger partial charge is 0.226 e. The Hall–Kier alpha value is -1.88. The van der Waals surface area contributed by atoms with Crippen LogP contribution in [0, 0.1) is 6.92 Å². The second kappa shape index (κ2) is 7.34. The minimum Gasteiger partial charge on any atom is -0.497 e. The summed E-state index contributed by atoms with van der Waals surface area (Å²) in [6.07, 6.45) is 3.47. The summed E-state index contributed by atoms with van der Waals surface area (Å²) >= 11 is 0. The SMILES string of the molecule is CC[C@H](C)NC1CCN(c2nc(C)c3cc(OC)ccc3n2)CC1. The first-order valence-electron chi connectivity index (χ1n) is 8.94. The van der Waals surface area contributed by atoms with Gasteiger partial charge >= 0.3 is 0 Å². The Balaban J connectivity index is 1.74. The van der Waals surface area contributed by atoms with E-state index in [2.05, 4.69) is 24.1 Å². The molecule has 1 aromatic heterocycles. The zero-order valence-electron chi connectivity index (χ0n) is 15.2. The molecule has 1 aromatic carbocycles. The van der Waals surface area contributed by atoms with Gasteiger partial charge in [-0.05, 0) is 51.3 Å². The predicted molar refractivity (Wildman–Crippen MR) is 99.0 cm³/mol. The molecule has 5 nitrogen and oxygen atoms in total. The zero-order valence-corrected chi connectivity index (χ0v) is 15.2. The third-order valence-corrected chi connectivity index (χ3v) is 4.99. The summed E-state index contributed by atoms with van der Waals surface area (Å²) in [6, 6.07) is 7.19. The van der Waals surface area contributed by atoms with E-state index in [1.54, 1.807) is 7.11 Å². The summed E-state index contributed by atoms with van der Waals surface area (Å²) in [6.45, 7) is 8.55. The monoisotopic (exact) mass is 328 g/mol. The second-order valence-electron chi connectivity index (χ2n) is 6.73. The first-order chi connectivity index (χ1) is 11.6. The summed E-state index contributed by atoms with van der Waals surface area (Å²) < 4.78 is 5.30. The number of aryl methyl sites for hydroxylation is 1. The van der Waals surface area contributed by atoms with Gasteiger partial charge in [-0.15, -0.1) is 0 Å². The van der Waals surface area contributed by atoms with E-state index in [4.69, 9.17) is 14.7 Å². The van der Waals surface area contributed by atoms with Gasteiger partial charge in [0.1, 0.15) is 5.75 Å². The molecule has 5 heteroatoms. The molecule has 0 aliphatic carbocycles. The number of piperidine rings is 1. The molecule has 0 spiro atoms. The Morgan fingerprint density at radius 3 is 2.71 bits per heavy atom. The van der Waals surface area contributed by atoms with E-state index >= 15 is 0 Å². The Bertz CT molecular complexity index is 695. The Labute approximate surface area is 144 Å². The number of ether oxygens (including phenoxy) is 1. The number of hydrogen-bond donors (Lipinski definition) is 1. The first kappa shape index (κ1) is 17.0. The van der Waals surface area contributed by atoms with E-state index in [0.29, 0.717) is 12.1 Å². The molecule has 1 N–H and O–H groups in total. The van der Waals surface area contributed by atoms with E-state index in [1.165, 1.54) is 6.42 Å². The van der Waals surface area contributed by atoms with E-state index < -0.39 is 0 Å². The van der Waals surface area contributed by atoms with Crippen molar-refractivity contribution < 1.29 is 4.74 Å². The minimum atomic E-state index is 0.593. The number of fused-ring (bicyclic) bond motifs is 1. The maximum Gasteiger partial charge on any atom is 0.226 e. The molecule has 2 aromatic rings. The number of aromatic nitrogens is 2. The minimum absolute atomic E-state index is 0.593. The van der Waals surface area contributed by atoms with Crippen molar-refractivity contribution in [2.45, 2.75) is 52.1 Å². The Kier molecular flexibility index (Phi) is 5.19. The predicted octanol–water partition coefficient (Wildman–Crippen LogP) is 3.30. The van der Waals surface area contributed by atoms with Crippen molar-refractivity contribution in [3.05, 3.63) is 23.9 Å². The molecule has 0 saturated carbocycles. The fraction of sp³-hybridized carbons (Fsp3) is 0.579. The number of methoxy groups -OCH3 is 1. The molecule has 0 unspecified atom stereocenters. The summed E-state index contributed by atoms with van der Waals surface area (Å²) in [5, 5.41) is 4.77. The van der Waals surface area contributed by atoms with Gasteiger partial charge in [0.2, 0.25) is 5.95 Å². The van der Waals surface area contributed by atoms with Gasteiger partial charge < -0.3 is 15.0 Å². The van der Waals surface area contributed by atoms with Crippen molar-refractivity contribution in [2.75, 3.05) is 25.1 Å². The van der Waals surface area contributed by atoms with Crippen LogP contribution in [-0.2, 0) is 0 Å². The van der Waals surface area contributed by atoms with E-state index in [9.17, 15) is 0 Å². The molecule has 0 amide bonds. The molecule has 24 heavy (non-hydrogen) atoms. The van der Waals surface area contributed by atoms with Crippen LogP contribution >= 0.6 is 0 Å². The quantitative estimate of drug-likeness (QED) is 0.912. The summed E-state index contributed by atoms with van der Waals surface area (Å²) in [5.41, 5.74) is 1.99. The number of benzene rings is 1. The lowest BCUT2D eigenvalue weighted by Gasteiger charge is -2.34. The van der Waals surface area contributed by atoms with Crippen molar-refractivity contribution in [2.24, 2.45) is 0 Å². The lowest BCUT2D eigenvalue weighted by molar-refractivity contribution is 0.370. The molecule has 2 heterocycles. The van der Waals surface area contributed by atoms with Crippen LogP contribution in [0.5, 0.6) is 5.75 Å². The number of anilines is 1. The van der Waals surface area contributed by atoms with Crippen LogP contribution in [0.3, 0.4) is 0 Å². The lowest BCUT2D eigenvalue weighted by Crippen LogP contribution is -2.45. The molecule has 1 atom stereocenters. The molecule has 3 rings (SSSR count). The molecule has 1 fully saturated rings. The van der Waals surface area contributed by atoms with Gasteiger partial charge in [-0.1, -0.05) is 6.92 Å². The number of nitrogens with one attached hydrogen (secondary N) is 1. The van der Waals surface area contributed by atoms with Crippen molar-refractivity contribution in [3.8, 4) is 5.75 Å². The summed E-state index contributed by atoms with van der Waals surface area (Å²) in [4.78, 5) is 11.8. The van der Waals surface area contributed by atoms with Crippen LogP contribution < -0.4 is 15.0 Å². The third-order valence-electron chi connectivity index (χ3n) is 4.99. The Morgan fingerprint density at radius 1 is 1.29 bits per heavy atom. The molecular weight excluding hydrogens is 300 g/mol. The van der Waals surface area contributed by atoms with Gasteiger partial charge in [0, 0.05) is 30.6 Å². The first-order valence-corrected chi connectivity index (χ1v) is 8.94. The normalized spacial score (nSPS) is 17.2. The van der Waals surface area contributed by atoms with Crippen molar-refractivity contribution in [3.63, 3.8) is 0 Å². The van der Waals surface area contributed by atoms with Gasteiger partial charge in [-0.25, -0.2) is 9.97 Å². The van der Waals surface area contributed by atoms with Crippen LogP contribution in [-0.4, -0.2) is 42.3 Å². The molecule has 1 saturated heterocycles. The standard InChI is InChI=1S/C19H28N4O/c1-5-13(2)20-15-8-10-23(11-9-15)19-21-14(3)17-12-16(24-4)6-7-18(17)22-19/h6-7,12-13,15,20H,5,8-11H2,1-4H3/t13-/m0/s1.